The summed E-state index contributed by atoms with van der Waals surface area (Å²) in [6, 6.07) is 6.51. The Kier molecular flexibility index (Phi) is 11.0. The van der Waals surface area contributed by atoms with Crippen LogP contribution in [0, 0.1) is 11.2 Å². The number of benzene rings is 1. The van der Waals surface area contributed by atoms with Gasteiger partial charge in [0.15, 0.2) is 17.9 Å². The zero-order valence-corrected chi connectivity index (χ0v) is 26.3. The molecule has 2 aromatic heterocycles. The highest BCUT2D eigenvalue weighted by Crippen LogP contribution is 2.52. The lowest BCUT2D eigenvalue weighted by Gasteiger charge is -2.59. The van der Waals surface area contributed by atoms with E-state index in [1.807, 2.05) is 26.1 Å². The highest BCUT2D eigenvalue weighted by Gasteiger charge is 2.54. The van der Waals surface area contributed by atoms with E-state index in [2.05, 4.69) is 57.9 Å². The minimum absolute atomic E-state index is 0.141. The smallest absolute Gasteiger partial charge is 0.188 e. The Morgan fingerprint density at radius 3 is 2.60 bits per heavy atom. The quantitative estimate of drug-likeness (QED) is 0.332. The van der Waals surface area contributed by atoms with Gasteiger partial charge in [-0.15, -0.1) is 0 Å². The summed E-state index contributed by atoms with van der Waals surface area (Å²) in [5.41, 5.74) is 2.67. The third-order valence-corrected chi connectivity index (χ3v) is 8.27. The maximum Gasteiger partial charge on any atom is 0.188 e. The lowest BCUT2D eigenvalue weighted by Crippen LogP contribution is -2.65. The van der Waals surface area contributed by atoms with Gasteiger partial charge in [-0.2, -0.15) is 0 Å². The first-order valence-corrected chi connectivity index (χ1v) is 15.3. The van der Waals surface area contributed by atoms with Gasteiger partial charge in [0, 0.05) is 61.5 Å². The van der Waals surface area contributed by atoms with Crippen molar-refractivity contribution in [3.8, 4) is 17.2 Å². The van der Waals surface area contributed by atoms with Gasteiger partial charge in [0.25, 0.3) is 0 Å². The second-order valence-electron chi connectivity index (χ2n) is 11.4. The Morgan fingerprint density at radius 1 is 1.16 bits per heavy atom. The molecule has 3 aromatic rings. The molecule has 0 radical (unpaired) electrons. The minimum atomic E-state index is -0.492. The van der Waals surface area contributed by atoms with Crippen molar-refractivity contribution >= 4 is 12.1 Å². The van der Waals surface area contributed by atoms with Crippen molar-refractivity contribution in [2.45, 2.75) is 72.6 Å². The van der Waals surface area contributed by atoms with Gasteiger partial charge in [-0.25, -0.2) is 14.4 Å². The molecule has 3 aliphatic rings. The lowest BCUT2D eigenvalue weighted by atomic mass is 9.61. The number of anilines is 1. The summed E-state index contributed by atoms with van der Waals surface area (Å²) in [5, 5.41) is 3.40. The van der Waals surface area contributed by atoms with Crippen molar-refractivity contribution in [1.29, 1.82) is 0 Å². The van der Waals surface area contributed by atoms with Crippen LogP contribution in [0.2, 0.25) is 0 Å². The number of hydrogen-bond donors (Lipinski definition) is 1. The molecule has 2 fully saturated rings. The number of fused-ring (bicyclic) bond motifs is 1. The maximum atomic E-state index is 13.5. The van der Waals surface area contributed by atoms with E-state index < -0.39 is 5.82 Å². The van der Waals surface area contributed by atoms with Crippen LogP contribution in [-0.4, -0.2) is 71.5 Å². The summed E-state index contributed by atoms with van der Waals surface area (Å²) in [6.45, 7) is 15.2. The monoisotopic (exact) mass is 592 g/mol. The van der Waals surface area contributed by atoms with Crippen LogP contribution in [0.3, 0.4) is 0 Å². The first-order valence-electron chi connectivity index (χ1n) is 15.3. The molecule has 4 heterocycles. The number of carbonyl (C=O) groups excluding carboxylic acids is 1. The molecule has 232 valence electrons. The predicted octanol–water partition coefficient (Wildman–Crippen LogP) is 5.68. The van der Waals surface area contributed by atoms with Gasteiger partial charge in [0.2, 0.25) is 0 Å². The first-order chi connectivity index (χ1) is 20.8. The van der Waals surface area contributed by atoms with Gasteiger partial charge in [0.1, 0.15) is 29.7 Å². The predicted molar refractivity (Wildman–Crippen MR) is 167 cm³/mol. The van der Waals surface area contributed by atoms with Crippen LogP contribution in [0.25, 0.3) is 0 Å². The second kappa shape index (κ2) is 14.7. The van der Waals surface area contributed by atoms with Crippen LogP contribution in [0.1, 0.15) is 69.1 Å². The van der Waals surface area contributed by atoms with E-state index in [1.165, 1.54) is 24.0 Å². The molecule has 0 atom stereocenters. The molecule has 1 saturated heterocycles. The van der Waals surface area contributed by atoms with Crippen molar-refractivity contribution in [1.82, 2.24) is 25.2 Å². The zero-order chi connectivity index (χ0) is 31.0. The number of hydrogen-bond acceptors (Lipinski definition) is 9. The summed E-state index contributed by atoms with van der Waals surface area (Å²) in [5.74, 6) is 1.84. The van der Waals surface area contributed by atoms with Gasteiger partial charge in [-0.1, -0.05) is 20.8 Å². The number of ether oxygens (including phenoxy) is 2. The Morgan fingerprint density at radius 2 is 1.93 bits per heavy atom. The van der Waals surface area contributed by atoms with E-state index in [1.54, 1.807) is 6.20 Å². The average Bonchev–Trinajstić information content (AvgIpc) is 3.00. The molecule has 0 unspecified atom stereocenters. The molecule has 0 amide bonds. The van der Waals surface area contributed by atoms with Gasteiger partial charge in [0.05, 0.1) is 11.8 Å². The second-order valence-corrected chi connectivity index (χ2v) is 11.4. The number of aromatic nitrogens is 3. The van der Waals surface area contributed by atoms with Crippen molar-refractivity contribution in [2.24, 2.45) is 5.41 Å². The molecular weight excluding hydrogens is 547 g/mol. The minimum Gasteiger partial charge on any atom is -0.490 e. The standard InChI is InChI=1S/C25H24FN5O3.C6H15N.C2H6/c26-17-1-2-21(16(7-17)12-32)34-23-11-28-15-30-24(23)31-13-25(14-31)8-18(9-25)33-22-4-6-29-20-3-5-27-10-19(20)22;1-5-7(4)6(2)3;1-2/h1-2,4,6-7,11-12,15,18,27H,3,5,8-10,13-14H2;6H,5H2,1-4H3;1-2H3. The summed E-state index contributed by atoms with van der Waals surface area (Å²) < 4.78 is 25.7. The molecule has 0 bridgehead atoms. The van der Waals surface area contributed by atoms with E-state index in [0.717, 1.165) is 69.5 Å². The average molecular weight is 593 g/mol. The van der Waals surface area contributed by atoms with E-state index in [0.29, 0.717) is 23.9 Å². The Labute approximate surface area is 254 Å². The van der Waals surface area contributed by atoms with Crippen LogP contribution < -0.4 is 19.7 Å². The van der Waals surface area contributed by atoms with Crippen molar-refractivity contribution in [2.75, 3.05) is 38.1 Å². The van der Waals surface area contributed by atoms with E-state index >= 15 is 0 Å². The number of nitrogens with one attached hydrogen (secondary N) is 1. The lowest BCUT2D eigenvalue weighted by molar-refractivity contribution is -0.0349. The van der Waals surface area contributed by atoms with Gasteiger partial charge < -0.3 is 24.6 Å². The first kappa shape index (κ1) is 32.3. The normalized spacial score (nSPS) is 16.6. The topological polar surface area (TPSA) is 92.7 Å². The molecule has 1 aliphatic carbocycles. The number of halogens is 1. The number of rotatable bonds is 8. The fourth-order valence-electron chi connectivity index (χ4n) is 5.60. The summed E-state index contributed by atoms with van der Waals surface area (Å²) in [4.78, 5) is 28.7. The molecule has 1 spiro atoms. The molecular formula is C33H45FN6O3. The molecule has 1 aromatic carbocycles. The summed E-state index contributed by atoms with van der Waals surface area (Å²) >= 11 is 0. The molecule has 1 saturated carbocycles. The Hall–Kier alpha value is -3.63. The van der Waals surface area contributed by atoms with Crippen LogP contribution in [0.5, 0.6) is 17.2 Å². The third kappa shape index (κ3) is 7.67. The highest BCUT2D eigenvalue weighted by molar-refractivity contribution is 5.79. The Bertz CT molecular complexity index is 1360. The largest absolute Gasteiger partial charge is 0.490 e. The Balaban J connectivity index is 0.000000416. The van der Waals surface area contributed by atoms with Gasteiger partial charge in [-0.05, 0) is 64.5 Å². The molecule has 6 rings (SSSR count). The molecule has 1 N–H and O–H groups in total. The van der Waals surface area contributed by atoms with E-state index in [-0.39, 0.29) is 22.8 Å². The van der Waals surface area contributed by atoms with Crippen LogP contribution in [0.15, 0.2) is 43.0 Å². The van der Waals surface area contributed by atoms with Crippen LogP contribution >= 0.6 is 0 Å². The fraction of sp³-hybridized carbons (Fsp3) is 0.515. The number of nitrogens with zero attached hydrogens (tertiary/aromatic N) is 5. The molecule has 2 aliphatic heterocycles. The van der Waals surface area contributed by atoms with Crippen molar-refractivity contribution < 1.29 is 18.7 Å². The van der Waals surface area contributed by atoms with Gasteiger partial charge >= 0.3 is 0 Å². The van der Waals surface area contributed by atoms with Crippen LogP contribution in [0.4, 0.5) is 10.2 Å². The highest BCUT2D eigenvalue weighted by atomic mass is 19.1. The van der Waals surface area contributed by atoms with E-state index in [9.17, 15) is 9.18 Å². The van der Waals surface area contributed by atoms with Gasteiger partial charge in [-0.3, -0.25) is 9.78 Å². The number of pyridine rings is 1. The SMILES string of the molecule is CC.CCN(C)C(C)C.O=Cc1cc(F)ccc1Oc1cncnc1N1CC2(CC(Oc3ccnc4c3CNCC4)C2)C1. The fourth-order valence-corrected chi connectivity index (χ4v) is 5.60. The maximum absolute atomic E-state index is 13.5. The van der Waals surface area contributed by atoms with E-state index in [4.69, 9.17) is 9.47 Å². The molecule has 43 heavy (non-hydrogen) atoms. The molecule has 10 heteroatoms. The summed E-state index contributed by atoms with van der Waals surface area (Å²) in [6.07, 6.45) is 8.57. The van der Waals surface area contributed by atoms with Crippen molar-refractivity contribution in [3.05, 3.63) is 65.6 Å². The summed E-state index contributed by atoms with van der Waals surface area (Å²) in [7, 11) is 2.13. The number of aldehydes is 1. The van der Waals surface area contributed by atoms with Crippen LogP contribution in [-0.2, 0) is 13.0 Å². The molecule has 9 nitrogen and oxygen atoms in total. The van der Waals surface area contributed by atoms with Crippen molar-refractivity contribution in [3.63, 3.8) is 0 Å². The number of carbonyl (C=O) groups is 1. The third-order valence-electron chi connectivity index (χ3n) is 8.27. The zero-order valence-electron chi connectivity index (χ0n) is 26.3.